The van der Waals surface area contributed by atoms with Crippen LogP contribution in [0.1, 0.15) is 30.8 Å². The number of hydrogen-bond acceptors (Lipinski definition) is 5. The Balaban J connectivity index is 0.00000385. The minimum atomic E-state index is -0.0723. The highest BCUT2D eigenvalue weighted by molar-refractivity contribution is 14.0. The zero-order valence-corrected chi connectivity index (χ0v) is 22.2. The second-order valence-electron chi connectivity index (χ2n) is 7.52. The molecule has 0 aliphatic rings. The number of nitrogens with one attached hydrogen (secondary N) is 2. The highest BCUT2D eigenvalue weighted by atomic mass is 127. The average Bonchev–Trinajstić information content (AvgIpc) is 3.14. The summed E-state index contributed by atoms with van der Waals surface area (Å²) in [6, 6.07) is 13.7. The monoisotopic (exact) mass is 564 g/mol. The first-order valence-corrected chi connectivity index (χ1v) is 10.8. The third kappa shape index (κ3) is 7.62. The Labute approximate surface area is 212 Å². The summed E-state index contributed by atoms with van der Waals surface area (Å²) in [6.07, 6.45) is 1.77. The molecule has 33 heavy (non-hydrogen) atoms. The molecule has 1 unspecified atom stereocenters. The molecule has 0 radical (unpaired) electrons. The van der Waals surface area contributed by atoms with Crippen LogP contribution in [-0.4, -0.2) is 47.0 Å². The third-order valence-corrected chi connectivity index (χ3v) is 4.75. The zero-order chi connectivity index (χ0) is 22.9. The van der Waals surface area contributed by atoms with Crippen LogP contribution in [0.5, 0.6) is 11.5 Å². The molecular formula is C24H33IN6O2. The minimum Gasteiger partial charge on any atom is -0.493 e. The van der Waals surface area contributed by atoms with Crippen LogP contribution >= 0.6 is 24.0 Å². The Bertz CT molecular complexity index is 1040. The molecule has 2 aromatic heterocycles. The van der Waals surface area contributed by atoms with Gasteiger partial charge in [-0.25, -0.2) is 14.7 Å². The van der Waals surface area contributed by atoms with Crippen molar-refractivity contribution in [3.8, 4) is 17.3 Å². The van der Waals surface area contributed by atoms with E-state index in [0.29, 0.717) is 13.1 Å². The normalized spacial score (nSPS) is 12.0. The van der Waals surface area contributed by atoms with E-state index in [0.717, 1.165) is 46.8 Å². The highest BCUT2D eigenvalue weighted by Gasteiger charge is 2.10. The lowest BCUT2D eigenvalue weighted by atomic mass is 10.3. The fourth-order valence-electron chi connectivity index (χ4n) is 3.22. The SMILES string of the molecule is CCNC(=NCc1ccc(-n2nc(C)cc2C)nc1)NCC(C)Oc1ccccc1OC.I. The fourth-order valence-corrected chi connectivity index (χ4v) is 3.22. The van der Waals surface area contributed by atoms with Gasteiger partial charge in [0.1, 0.15) is 6.10 Å². The number of guanidine groups is 1. The van der Waals surface area contributed by atoms with E-state index in [9.17, 15) is 0 Å². The molecule has 0 bridgehead atoms. The van der Waals surface area contributed by atoms with Gasteiger partial charge in [-0.2, -0.15) is 5.10 Å². The van der Waals surface area contributed by atoms with Crippen molar-refractivity contribution in [2.24, 2.45) is 4.99 Å². The summed E-state index contributed by atoms with van der Waals surface area (Å²) in [5.41, 5.74) is 3.05. The van der Waals surface area contributed by atoms with Crippen LogP contribution < -0.4 is 20.1 Å². The number of methoxy groups -OCH3 is 1. The molecule has 0 saturated heterocycles. The molecule has 0 saturated carbocycles. The molecule has 3 aromatic rings. The predicted molar refractivity (Wildman–Crippen MR) is 142 cm³/mol. The minimum absolute atomic E-state index is 0. The van der Waals surface area contributed by atoms with Crippen molar-refractivity contribution in [2.45, 2.75) is 40.3 Å². The number of nitrogens with zero attached hydrogens (tertiary/aromatic N) is 4. The van der Waals surface area contributed by atoms with E-state index in [1.165, 1.54) is 0 Å². The standard InChI is InChI=1S/C24H32N6O2.HI/c1-6-25-24(27-14-19(4)32-22-10-8-7-9-21(22)31-5)28-16-20-11-12-23(26-15-20)30-18(3)13-17(2)29-30;/h7-13,15,19H,6,14,16H2,1-5H3,(H2,25,27,28);1H. The van der Waals surface area contributed by atoms with Crippen molar-refractivity contribution in [1.82, 2.24) is 25.4 Å². The van der Waals surface area contributed by atoms with Crippen LogP contribution in [0, 0.1) is 13.8 Å². The summed E-state index contributed by atoms with van der Waals surface area (Å²) in [5.74, 6) is 2.97. The Morgan fingerprint density at radius 2 is 1.88 bits per heavy atom. The molecule has 0 spiro atoms. The van der Waals surface area contributed by atoms with E-state index in [4.69, 9.17) is 9.47 Å². The van der Waals surface area contributed by atoms with Gasteiger partial charge in [-0.1, -0.05) is 18.2 Å². The van der Waals surface area contributed by atoms with Crippen molar-refractivity contribution in [1.29, 1.82) is 0 Å². The second kappa shape index (κ2) is 13.0. The van der Waals surface area contributed by atoms with Crippen LogP contribution in [0.15, 0.2) is 53.7 Å². The van der Waals surface area contributed by atoms with Crippen molar-refractivity contribution in [3.05, 3.63) is 65.6 Å². The number of hydrogen-bond donors (Lipinski definition) is 2. The summed E-state index contributed by atoms with van der Waals surface area (Å²) in [6.45, 7) is 9.92. The van der Waals surface area contributed by atoms with E-state index >= 15 is 0 Å². The van der Waals surface area contributed by atoms with E-state index in [-0.39, 0.29) is 30.1 Å². The summed E-state index contributed by atoms with van der Waals surface area (Å²) in [7, 11) is 1.64. The van der Waals surface area contributed by atoms with Crippen LogP contribution in [0.4, 0.5) is 0 Å². The number of aliphatic imine (C=N–C) groups is 1. The average molecular weight is 564 g/mol. The van der Waals surface area contributed by atoms with E-state index in [1.54, 1.807) is 7.11 Å². The van der Waals surface area contributed by atoms with Gasteiger partial charge in [-0.15, -0.1) is 24.0 Å². The van der Waals surface area contributed by atoms with Crippen LogP contribution in [0.25, 0.3) is 5.82 Å². The topological polar surface area (TPSA) is 85.6 Å². The molecule has 0 amide bonds. The van der Waals surface area contributed by atoms with Crippen molar-refractivity contribution < 1.29 is 9.47 Å². The number of benzene rings is 1. The lowest BCUT2D eigenvalue weighted by Crippen LogP contribution is -2.41. The summed E-state index contributed by atoms with van der Waals surface area (Å²) in [5, 5.41) is 11.1. The Hall–Kier alpha value is -2.82. The van der Waals surface area contributed by atoms with Gasteiger partial charge in [0.05, 0.1) is 25.9 Å². The van der Waals surface area contributed by atoms with Crippen molar-refractivity contribution in [3.63, 3.8) is 0 Å². The third-order valence-electron chi connectivity index (χ3n) is 4.75. The number of aryl methyl sites for hydroxylation is 2. The molecule has 0 aliphatic carbocycles. The molecule has 2 heterocycles. The van der Waals surface area contributed by atoms with Crippen molar-refractivity contribution in [2.75, 3.05) is 20.2 Å². The maximum Gasteiger partial charge on any atom is 0.191 e. The first-order valence-electron chi connectivity index (χ1n) is 10.8. The van der Waals surface area contributed by atoms with Gasteiger partial charge in [0.25, 0.3) is 0 Å². The van der Waals surface area contributed by atoms with E-state index < -0.39 is 0 Å². The highest BCUT2D eigenvalue weighted by Crippen LogP contribution is 2.26. The lowest BCUT2D eigenvalue weighted by Gasteiger charge is -2.19. The Kier molecular flexibility index (Phi) is 10.4. The maximum absolute atomic E-state index is 6.01. The summed E-state index contributed by atoms with van der Waals surface area (Å²) >= 11 is 0. The molecule has 3 rings (SSSR count). The summed E-state index contributed by atoms with van der Waals surface area (Å²) < 4.78 is 13.2. The number of halogens is 1. The largest absolute Gasteiger partial charge is 0.493 e. The fraction of sp³-hybridized carbons (Fsp3) is 0.375. The van der Waals surface area contributed by atoms with Gasteiger partial charge in [0.2, 0.25) is 0 Å². The molecule has 1 atom stereocenters. The lowest BCUT2D eigenvalue weighted by molar-refractivity contribution is 0.213. The van der Waals surface area contributed by atoms with Gasteiger partial charge in [-0.05, 0) is 57.5 Å². The van der Waals surface area contributed by atoms with Gasteiger partial charge in [0.15, 0.2) is 23.3 Å². The summed E-state index contributed by atoms with van der Waals surface area (Å²) in [4.78, 5) is 9.22. The van der Waals surface area contributed by atoms with Gasteiger partial charge >= 0.3 is 0 Å². The smallest absolute Gasteiger partial charge is 0.191 e. The number of aromatic nitrogens is 3. The number of para-hydroxylation sites is 2. The van der Waals surface area contributed by atoms with Crippen LogP contribution in [-0.2, 0) is 6.54 Å². The van der Waals surface area contributed by atoms with Gasteiger partial charge in [0, 0.05) is 18.4 Å². The van der Waals surface area contributed by atoms with Crippen LogP contribution in [0.3, 0.4) is 0 Å². The molecule has 0 fully saturated rings. The molecule has 1 aromatic carbocycles. The molecule has 8 nitrogen and oxygen atoms in total. The second-order valence-corrected chi connectivity index (χ2v) is 7.52. The van der Waals surface area contributed by atoms with Crippen LogP contribution in [0.2, 0.25) is 0 Å². The quantitative estimate of drug-likeness (QED) is 0.232. The zero-order valence-electron chi connectivity index (χ0n) is 19.8. The van der Waals surface area contributed by atoms with Crippen molar-refractivity contribution >= 4 is 29.9 Å². The molecular weight excluding hydrogens is 531 g/mol. The molecule has 2 N–H and O–H groups in total. The van der Waals surface area contributed by atoms with Gasteiger partial charge < -0.3 is 20.1 Å². The Morgan fingerprint density at radius 3 is 2.48 bits per heavy atom. The van der Waals surface area contributed by atoms with E-state index in [2.05, 4.69) is 25.7 Å². The van der Waals surface area contributed by atoms with E-state index in [1.807, 2.05) is 81.0 Å². The first kappa shape index (κ1) is 26.4. The number of ether oxygens (including phenoxy) is 2. The molecule has 178 valence electrons. The predicted octanol–water partition coefficient (Wildman–Crippen LogP) is 4.03. The van der Waals surface area contributed by atoms with Gasteiger partial charge in [-0.3, -0.25) is 0 Å². The molecule has 0 aliphatic heterocycles. The number of rotatable bonds is 9. The first-order chi connectivity index (χ1) is 15.5. The molecule has 9 heteroatoms. The Morgan fingerprint density at radius 1 is 1.12 bits per heavy atom. The maximum atomic E-state index is 6.01. The number of pyridine rings is 1.